The zero-order chi connectivity index (χ0) is 22.0. The maximum atomic E-state index is 13.7. The van der Waals surface area contributed by atoms with Gasteiger partial charge in [-0.15, -0.1) is 0 Å². The lowest BCUT2D eigenvalue weighted by Gasteiger charge is -2.14. The molecular weight excluding hydrogens is 405 g/mol. The molecule has 2 aromatic carbocycles. The number of guanidine groups is 1. The van der Waals surface area contributed by atoms with Gasteiger partial charge in [-0.25, -0.2) is 17.8 Å². The van der Waals surface area contributed by atoms with Crippen molar-refractivity contribution >= 4 is 15.8 Å². The highest BCUT2D eigenvalue weighted by Gasteiger charge is 2.11. The first-order valence-electron chi connectivity index (χ1n) is 9.99. The van der Waals surface area contributed by atoms with Gasteiger partial charge in [-0.1, -0.05) is 25.1 Å². The van der Waals surface area contributed by atoms with Gasteiger partial charge < -0.3 is 15.4 Å². The molecule has 0 bridgehead atoms. The van der Waals surface area contributed by atoms with E-state index in [-0.39, 0.29) is 12.3 Å². The van der Waals surface area contributed by atoms with Crippen molar-refractivity contribution < 1.29 is 17.5 Å². The van der Waals surface area contributed by atoms with E-state index in [1.54, 1.807) is 0 Å². The molecule has 0 saturated carbocycles. The molecule has 0 atom stereocenters. The molecule has 0 heterocycles. The predicted octanol–water partition coefficient (Wildman–Crippen LogP) is 3.41. The van der Waals surface area contributed by atoms with Gasteiger partial charge in [-0.2, -0.15) is 0 Å². The molecule has 0 saturated heterocycles. The van der Waals surface area contributed by atoms with E-state index in [1.807, 2.05) is 31.2 Å². The molecule has 0 unspecified atom stereocenters. The molecule has 8 heteroatoms. The van der Waals surface area contributed by atoms with Crippen molar-refractivity contribution in [3.8, 4) is 5.75 Å². The number of nitrogens with zero attached hydrogens (tertiary/aromatic N) is 1. The number of hydrogen-bond donors (Lipinski definition) is 2. The van der Waals surface area contributed by atoms with Crippen LogP contribution in [0.1, 0.15) is 37.0 Å². The van der Waals surface area contributed by atoms with Gasteiger partial charge in [-0.3, -0.25) is 0 Å². The summed E-state index contributed by atoms with van der Waals surface area (Å²) >= 11 is 0. The molecule has 0 aromatic heterocycles. The van der Waals surface area contributed by atoms with Crippen LogP contribution in [0.5, 0.6) is 5.75 Å². The molecule has 0 fully saturated rings. The van der Waals surface area contributed by atoms with Gasteiger partial charge in [0.2, 0.25) is 0 Å². The van der Waals surface area contributed by atoms with Crippen molar-refractivity contribution in [2.24, 2.45) is 4.99 Å². The zero-order valence-electron chi connectivity index (χ0n) is 17.7. The summed E-state index contributed by atoms with van der Waals surface area (Å²) in [7, 11) is -3.23. The van der Waals surface area contributed by atoms with Crippen LogP contribution in [0.25, 0.3) is 0 Å². The predicted molar refractivity (Wildman–Crippen MR) is 119 cm³/mol. The van der Waals surface area contributed by atoms with E-state index in [0.29, 0.717) is 36.8 Å². The second-order valence-corrected chi connectivity index (χ2v) is 9.17. The molecule has 0 radical (unpaired) electrons. The van der Waals surface area contributed by atoms with Crippen molar-refractivity contribution in [2.75, 3.05) is 19.4 Å². The highest BCUT2D eigenvalue weighted by molar-refractivity contribution is 7.89. The summed E-state index contributed by atoms with van der Waals surface area (Å²) in [6, 6.07) is 11.9. The maximum absolute atomic E-state index is 13.7. The van der Waals surface area contributed by atoms with Gasteiger partial charge >= 0.3 is 0 Å². The summed E-state index contributed by atoms with van der Waals surface area (Å²) in [5.74, 6) is 0.831. The minimum atomic E-state index is -3.23. The Bertz CT molecular complexity index is 962. The number of benzene rings is 2. The Balaban J connectivity index is 2.10. The third-order valence-corrected chi connectivity index (χ3v) is 5.00. The summed E-state index contributed by atoms with van der Waals surface area (Å²) in [6.45, 7) is 6.04. The molecule has 0 aliphatic heterocycles. The van der Waals surface area contributed by atoms with E-state index in [0.717, 1.165) is 24.0 Å². The smallest absolute Gasteiger partial charge is 0.191 e. The fourth-order valence-corrected chi connectivity index (χ4v) is 3.67. The molecule has 0 spiro atoms. The number of halogens is 1. The van der Waals surface area contributed by atoms with Crippen LogP contribution in [0.2, 0.25) is 0 Å². The fraction of sp³-hybridized carbons (Fsp3) is 0.409. The second-order valence-electron chi connectivity index (χ2n) is 7.03. The summed E-state index contributed by atoms with van der Waals surface area (Å²) < 4.78 is 42.7. The largest absolute Gasteiger partial charge is 0.494 e. The first-order valence-corrected chi connectivity index (χ1v) is 12.1. The minimum Gasteiger partial charge on any atom is -0.494 e. The SMILES string of the molecule is CCCOc1cccc(CN=C(NCC)NCc2cc(F)ccc2CS(C)(=O)=O)c1. The molecule has 2 aromatic rings. The third-order valence-electron chi connectivity index (χ3n) is 4.17. The third kappa shape index (κ3) is 8.41. The lowest BCUT2D eigenvalue weighted by atomic mass is 10.1. The van der Waals surface area contributed by atoms with Crippen molar-refractivity contribution in [2.45, 2.75) is 39.1 Å². The Hall–Kier alpha value is -2.61. The van der Waals surface area contributed by atoms with Gasteiger partial charge in [0, 0.05) is 19.3 Å². The number of hydrogen-bond acceptors (Lipinski definition) is 4. The van der Waals surface area contributed by atoms with E-state index in [9.17, 15) is 12.8 Å². The number of nitrogens with one attached hydrogen (secondary N) is 2. The quantitative estimate of drug-likeness (QED) is 0.442. The van der Waals surface area contributed by atoms with Crippen molar-refractivity contribution in [3.63, 3.8) is 0 Å². The molecule has 0 amide bonds. The van der Waals surface area contributed by atoms with E-state index >= 15 is 0 Å². The van der Waals surface area contributed by atoms with E-state index in [1.165, 1.54) is 18.2 Å². The van der Waals surface area contributed by atoms with Gasteiger partial charge in [0.15, 0.2) is 15.8 Å². The zero-order valence-corrected chi connectivity index (χ0v) is 18.6. The van der Waals surface area contributed by atoms with Crippen LogP contribution in [-0.4, -0.2) is 33.8 Å². The van der Waals surface area contributed by atoms with E-state index in [4.69, 9.17) is 4.74 Å². The van der Waals surface area contributed by atoms with Crippen LogP contribution >= 0.6 is 0 Å². The molecule has 6 nitrogen and oxygen atoms in total. The van der Waals surface area contributed by atoms with Gasteiger partial charge in [0.25, 0.3) is 0 Å². The Kier molecular flexibility index (Phi) is 9.11. The van der Waals surface area contributed by atoms with E-state index < -0.39 is 15.7 Å². The molecule has 0 aliphatic rings. The van der Waals surface area contributed by atoms with Crippen LogP contribution in [0.3, 0.4) is 0 Å². The summed E-state index contributed by atoms with van der Waals surface area (Å²) in [5.41, 5.74) is 2.16. The van der Waals surface area contributed by atoms with Crippen molar-refractivity contribution in [3.05, 3.63) is 65.0 Å². The molecule has 0 aliphatic carbocycles. The normalized spacial score (nSPS) is 11.9. The Labute approximate surface area is 178 Å². The first-order chi connectivity index (χ1) is 14.3. The lowest BCUT2D eigenvalue weighted by Crippen LogP contribution is -2.37. The average Bonchev–Trinajstić information content (AvgIpc) is 2.69. The molecule has 30 heavy (non-hydrogen) atoms. The lowest BCUT2D eigenvalue weighted by molar-refractivity contribution is 0.317. The Morgan fingerprint density at radius 3 is 2.60 bits per heavy atom. The second kappa shape index (κ2) is 11.5. The van der Waals surface area contributed by atoms with Crippen molar-refractivity contribution in [1.29, 1.82) is 0 Å². The Morgan fingerprint density at radius 1 is 1.10 bits per heavy atom. The molecular formula is C22H30FN3O3S. The number of sulfone groups is 1. The van der Waals surface area contributed by atoms with Crippen molar-refractivity contribution in [1.82, 2.24) is 10.6 Å². The molecule has 164 valence electrons. The summed E-state index contributed by atoms with van der Waals surface area (Å²) in [6.07, 6.45) is 2.11. The van der Waals surface area contributed by atoms with Gasteiger partial charge in [0.1, 0.15) is 11.6 Å². The fourth-order valence-electron chi connectivity index (χ4n) is 2.83. The van der Waals surface area contributed by atoms with Crippen LogP contribution in [0, 0.1) is 5.82 Å². The summed E-state index contributed by atoms with van der Waals surface area (Å²) in [5, 5.41) is 6.31. The van der Waals surface area contributed by atoms with Crippen LogP contribution in [0.15, 0.2) is 47.5 Å². The first kappa shape index (κ1) is 23.7. The van der Waals surface area contributed by atoms with Gasteiger partial charge in [-0.05, 0) is 54.3 Å². The van der Waals surface area contributed by atoms with Crippen LogP contribution in [-0.2, 0) is 28.7 Å². The van der Waals surface area contributed by atoms with Gasteiger partial charge in [0.05, 0.1) is 18.9 Å². The Morgan fingerprint density at radius 2 is 1.90 bits per heavy atom. The van der Waals surface area contributed by atoms with E-state index in [2.05, 4.69) is 22.5 Å². The molecule has 2 N–H and O–H groups in total. The standard InChI is InChI=1S/C22H30FN3O3S/c1-4-11-29-21-8-6-7-17(12-21)14-25-22(24-5-2)26-15-19-13-20(23)10-9-18(19)16-30(3,27)28/h6-10,12-13H,4-5,11,14-16H2,1-3H3,(H2,24,25,26). The minimum absolute atomic E-state index is 0.136. The highest BCUT2D eigenvalue weighted by Crippen LogP contribution is 2.16. The molecule has 2 rings (SSSR count). The highest BCUT2D eigenvalue weighted by atomic mass is 32.2. The maximum Gasteiger partial charge on any atom is 0.191 e. The summed E-state index contributed by atoms with van der Waals surface area (Å²) in [4.78, 5) is 4.57. The number of ether oxygens (including phenoxy) is 1. The average molecular weight is 436 g/mol. The monoisotopic (exact) mass is 435 g/mol. The van der Waals surface area contributed by atoms with Crippen LogP contribution in [0.4, 0.5) is 4.39 Å². The van der Waals surface area contributed by atoms with Crippen LogP contribution < -0.4 is 15.4 Å². The number of rotatable bonds is 10. The topological polar surface area (TPSA) is 79.8 Å². The number of aliphatic imine (C=N–C) groups is 1.